The summed E-state index contributed by atoms with van der Waals surface area (Å²) >= 11 is 3.31. The van der Waals surface area contributed by atoms with Gasteiger partial charge in [0.05, 0.1) is 12.7 Å². The van der Waals surface area contributed by atoms with Gasteiger partial charge in [0.15, 0.2) is 0 Å². The van der Waals surface area contributed by atoms with E-state index >= 15 is 0 Å². The number of hydrogen-bond donors (Lipinski definition) is 1. The van der Waals surface area contributed by atoms with Gasteiger partial charge in [-0.15, -0.1) is 0 Å². The lowest BCUT2D eigenvalue weighted by atomic mass is 10.00. The number of hydrogen-bond acceptors (Lipinski definition) is 2. The minimum absolute atomic E-state index is 0.383. The second-order valence-corrected chi connectivity index (χ2v) is 5.26. The second-order valence-electron chi connectivity index (χ2n) is 4.41. The summed E-state index contributed by atoms with van der Waals surface area (Å²) in [4.78, 5) is 0. The molecule has 0 heterocycles. The van der Waals surface area contributed by atoms with Crippen LogP contribution < -0.4 is 4.74 Å². The van der Waals surface area contributed by atoms with E-state index in [9.17, 15) is 18.3 Å². The van der Waals surface area contributed by atoms with E-state index in [0.717, 1.165) is 12.1 Å². The Morgan fingerprint density at radius 3 is 2.19 bits per heavy atom. The third kappa shape index (κ3) is 3.57. The first-order valence-electron chi connectivity index (χ1n) is 6.01. The number of aliphatic hydroxyl groups is 1. The van der Waals surface area contributed by atoms with Crippen LogP contribution in [0.4, 0.5) is 13.2 Å². The summed E-state index contributed by atoms with van der Waals surface area (Å²) in [7, 11) is 1.52. The van der Waals surface area contributed by atoms with E-state index in [-0.39, 0.29) is 0 Å². The van der Waals surface area contributed by atoms with Crippen molar-refractivity contribution in [2.45, 2.75) is 12.3 Å². The summed E-state index contributed by atoms with van der Waals surface area (Å²) in [6.45, 7) is 0. The number of ether oxygens (including phenoxy) is 1. The van der Waals surface area contributed by atoms with Gasteiger partial charge in [0.25, 0.3) is 0 Å². The molecular formula is C15H12BrF3O2. The van der Waals surface area contributed by atoms with Crippen LogP contribution in [0.1, 0.15) is 22.8 Å². The first-order chi connectivity index (χ1) is 9.82. The molecule has 0 fully saturated rings. The zero-order valence-corrected chi connectivity index (χ0v) is 12.6. The number of aliphatic hydroxyl groups excluding tert-OH is 1. The van der Waals surface area contributed by atoms with Gasteiger partial charge in [-0.25, -0.2) is 0 Å². The molecule has 0 radical (unpaired) electrons. The Bertz CT molecular complexity index is 624. The maximum absolute atomic E-state index is 12.5. The van der Waals surface area contributed by atoms with Crippen LogP contribution in [0.5, 0.6) is 5.75 Å². The predicted octanol–water partition coefficient (Wildman–Crippen LogP) is 4.56. The molecule has 0 aromatic heterocycles. The van der Waals surface area contributed by atoms with Gasteiger partial charge in [-0.1, -0.05) is 34.1 Å². The average molecular weight is 361 g/mol. The van der Waals surface area contributed by atoms with Crippen LogP contribution in [0.15, 0.2) is 46.9 Å². The Labute approximate surface area is 128 Å². The third-order valence-corrected chi connectivity index (χ3v) is 3.74. The SMILES string of the molecule is COc1ccc(C(O)c2ccc(C(F)(F)F)cc2)c(Br)c1. The Kier molecular flexibility index (Phi) is 4.58. The molecule has 0 aliphatic heterocycles. The van der Waals surface area contributed by atoms with E-state index in [1.807, 2.05) is 0 Å². The van der Waals surface area contributed by atoms with Gasteiger partial charge in [0, 0.05) is 4.47 Å². The normalized spacial score (nSPS) is 13.0. The van der Waals surface area contributed by atoms with Crippen molar-refractivity contribution in [3.8, 4) is 5.75 Å². The maximum Gasteiger partial charge on any atom is 0.416 e. The molecule has 0 aliphatic carbocycles. The van der Waals surface area contributed by atoms with Crippen molar-refractivity contribution < 1.29 is 23.0 Å². The fourth-order valence-electron chi connectivity index (χ4n) is 1.89. The highest BCUT2D eigenvalue weighted by Crippen LogP contribution is 2.33. The van der Waals surface area contributed by atoms with Gasteiger partial charge in [0.1, 0.15) is 11.9 Å². The number of alkyl halides is 3. The van der Waals surface area contributed by atoms with Crippen LogP contribution >= 0.6 is 15.9 Å². The van der Waals surface area contributed by atoms with Crippen molar-refractivity contribution in [3.63, 3.8) is 0 Å². The summed E-state index contributed by atoms with van der Waals surface area (Å²) in [5.41, 5.74) is 0.191. The second kappa shape index (κ2) is 6.07. The van der Waals surface area contributed by atoms with E-state index in [2.05, 4.69) is 15.9 Å². The van der Waals surface area contributed by atoms with Crippen LogP contribution in [0, 0.1) is 0 Å². The minimum atomic E-state index is -4.38. The molecular weight excluding hydrogens is 349 g/mol. The topological polar surface area (TPSA) is 29.5 Å². The Hall–Kier alpha value is -1.53. The number of halogens is 4. The molecule has 0 saturated carbocycles. The van der Waals surface area contributed by atoms with E-state index in [4.69, 9.17) is 4.74 Å². The lowest BCUT2D eigenvalue weighted by Gasteiger charge is -2.15. The lowest BCUT2D eigenvalue weighted by Crippen LogP contribution is -2.06. The van der Waals surface area contributed by atoms with Gasteiger partial charge < -0.3 is 9.84 Å². The number of benzene rings is 2. The molecule has 0 bridgehead atoms. The van der Waals surface area contributed by atoms with Crippen molar-refractivity contribution >= 4 is 15.9 Å². The van der Waals surface area contributed by atoms with Crippen molar-refractivity contribution in [2.24, 2.45) is 0 Å². The smallest absolute Gasteiger partial charge is 0.416 e. The molecule has 2 rings (SSSR count). The monoisotopic (exact) mass is 360 g/mol. The Morgan fingerprint density at radius 2 is 1.71 bits per heavy atom. The maximum atomic E-state index is 12.5. The van der Waals surface area contributed by atoms with Gasteiger partial charge in [-0.3, -0.25) is 0 Å². The zero-order valence-electron chi connectivity index (χ0n) is 11.0. The van der Waals surface area contributed by atoms with Crippen molar-refractivity contribution in [2.75, 3.05) is 7.11 Å². The largest absolute Gasteiger partial charge is 0.497 e. The highest BCUT2D eigenvalue weighted by atomic mass is 79.9. The van der Waals surface area contributed by atoms with Crippen LogP contribution in [0.2, 0.25) is 0 Å². The van der Waals surface area contributed by atoms with Crippen LogP contribution in [-0.4, -0.2) is 12.2 Å². The molecule has 0 saturated heterocycles. The number of rotatable bonds is 3. The van der Waals surface area contributed by atoms with E-state index in [1.54, 1.807) is 18.2 Å². The van der Waals surface area contributed by atoms with E-state index in [1.165, 1.54) is 19.2 Å². The molecule has 0 amide bonds. The molecule has 1 N–H and O–H groups in total. The minimum Gasteiger partial charge on any atom is -0.497 e. The summed E-state index contributed by atoms with van der Waals surface area (Å²) in [6.07, 6.45) is -5.41. The predicted molar refractivity (Wildman–Crippen MR) is 76.2 cm³/mol. The van der Waals surface area contributed by atoms with Crippen LogP contribution in [-0.2, 0) is 6.18 Å². The highest BCUT2D eigenvalue weighted by molar-refractivity contribution is 9.10. The summed E-state index contributed by atoms with van der Waals surface area (Å²) in [6, 6.07) is 9.46. The molecule has 0 aliphatic rings. The van der Waals surface area contributed by atoms with E-state index < -0.39 is 17.8 Å². The Morgan fingerprint density at radius 1 is 1.10 bits per heavy atom. The standard InChI is InChI=1S/C15H12BrF3O2/c1-21-11-6-7-12(13(16)8-11)14(20)9-2-4-10(5-3-9)15(17,18)19/h2-8,14,20H,1H3. The van der Waals surface area contributed by atoms with Gasteiger partial charge in [0.2, 0.25) is 0 Å². The zero-order chi connectivity index (χ0) is 15.6. The summed E-state index contributed by atoms with van der Waals surface area (Å²) < 4.78 is 43.2. The molecule has 21 heavy (non-hydrogen) atoms. The van der Waals surface area contributed by atoms with Gasteiger partial charge >= 0.3 is 6.18 Å². The fraction of sp³-hybridized carbons (Fsp3) is 0.200. The van der Waals surface area contributed by atoms with Crippen molar-refractivity contribution in [3.05, 3.63) is 63.6 Å². The molecule has 2 aromatic rings. The first kappa shape index (κ1) is 15.9. The van der Waals surface area contributed by atoms with E-state index in [0.29, 0.717) is 21.3 Å². The third-order valence-electron chi connectivity index (χ3n) is 3.06. The molecule has 1 atom stereocenters. The molecule has 1 unspecified atom stereocenters. The molecule has 2 nitrogen and oxygen atoms in total. The molecule has 0 spiro atoms. The first-order valence-corrected chi connectivity index (χ1v) is 6.81. The average Bonchev–Trinajstić information content (AvgIpc) is 2.45. The van der Waals surface area contributed by atoms with Crippen molar-refractivity contribution in [1.29, 1.82) is 0 Å². The summed E-state index contributed by atoms with van der Waals surface area (Å²) in [5.74, 6) is 0.616. The van der Waals surface area contributed by atoms with Gasteiger partial charge in [-0.2, -0.15) is 13.2 Å². The van der Waals surface area contributed by atoms with Gasteiger partial charge in [-0.05, 0) is 35.4 Å². The number of methoxy groups -OCH3 is 1. The highest BCUT2D eigenvalue weighted by Gasteiger charge is 2.30. The molecule has 2 aromatic carbocycles. The Balaban J connectivity index is 2.30. The molecule has 112 valence electrons. The molecule has 6 heteroatoms. The lowest BCUT2D eigenvalue weighted by molar-refractivity contribution is -0.137. The summed E-state index contributed by atoms with van der Waals surface area (Å²) in [5, 5.41) is 10.3. The fourth-order valence-corrected chi connectivity index (χ4v) is 2.47. The van der Waals surface area contributed by atoms with Crippen LogP contribution in [0.25, 0.3) is 0 Å². The van der Waals surface area contributed by atoms with Crippen LogP contribution in [0.3, 0.4) is 0 Å². The quantitative estimate of drug-likeness (QED) is 0.869. The van der Waals surface area contributed by atoms with Crippen molar-refractivity contribution in [1.82, 2.24) is 0 Å².